The first kappa shape index (κ1) is 37.5. The number of amides is 4. The Balaban J connectivity index is 2.07. The number of phenolic OH excluding ortho intramolecular Hbond substituents is 2. The molecule has 0 aliphatic carbocycles. The molecule has 0 heterocycles. The van der Waals surface area contributed by atoms with Crippen molar-refractivity contribution in [3.8, 4) is 11.5 Å². The van der Waals surface area contributed by atoms with Gasteiger partial charge in [-0.3, -0.25) is 19.2 Å². The molecule has 0 aromatic heterocycles. The van der Waals surface area contributed by atoms with Crippen molar-refractivity contribution in [3.63, 3.8) is 0 Å². The van der Waals surface area contributed by atoms with Crippen molar-refractivity contribution in [1.82, 2.24) is 21.3 Å². The zero-order valence-electron chi connectivity index (χ0n) is 25.8. The predicted molar refractivity (Wildman–Crippen MR) is 186 cm³/mol. The predicted octanol–water partition coefficient (Wildman–Crippen LogP) is 3.17. The number of phenols is 2. The molecule has 0 spiro atoms. The third-order valence-electron chi connectivity index (χ3n) is 6.74. The van der Waals surface area contributed by atoms with Crippen molar-refractivity contribution in [1.29, 1.82) is 0 Å². The maximum Gasteiger partial charge on any atom is 0.255 e. The Morgan fingerprint density at radius 2 is 1.57 bits per heavy atom. The van der Waals surface area contributed by atoms with Crippen molar-refractivity contribution in [2.45, 2.75) is 78.0 Å². The third-order valence-corrected chi connectivity index (χ3v) is 8.42. The molecule has 0 bridgehead atoms. The molecule has 2 aromatic carbocycles. The summed E-state index contributed by atoms with van der Waals surface area (Å²) in [6.45, 7) is 11.0. The van der Waals surface area contributed by atoms with Crippen LogP contribution in [0.4, 0.5) is 0 Å². The second kappa shape index (κ2) is 16.6. The number of aromatic hydroxyl groups is 2. The normalized spacial score (nSPS) is 13.6. The summed E-state index contributed by atoms with van der Waals surface area (Å²) in [5.41, 5.74) is 6.32. The highest BCUT2D eigenvalue weighted by atomic mass is 127. The van der Waals surface area contributed by atoms with Crippen molar-refractivity contribution in [2.24, 2.45) is 17.6 Å². The van der Waals surface area contributed by atoms with Gasteiger partial charge in [0.05, 0.1) is 5.56 Å². The van der Waals surface area contributed by atoms with Gasteiger partial charge >= 0.3 is 0 Å². The van der Waals surface area contributed by atoms with Crippen molar-refractivity contribution < 1.29 is 29.4 Å². The van der Waals surface area contributed by atoms with Crippen LogP contribution in [-0.4, -0.2) is 64.1 Å². The summed E-state index contributed by atoms with van der Waals surface area (Å²) in [4.78, 5) is 52.2. The van der Waals surface area contributed by atoms with Gasteiger partial charge in [-0.05, 0) is 120 Å². The lowest BCUT2D eigenvalue weighted by Crippen LogP contribution is -2.60. The summed E-state index contributed by atoms with van der Waals surface area (Å²) in [5, 5.41) is 30.5. The van der Waals surface area contributed by atoms with Crippen molar-refractivity contribution >= 4 is 68.8 Å². The van der Waals surface area contributed by atoms with Gasteiger partial charge in [0.2, 0.25) is 17.7 Å². The van der Waals surface area contributed by atoms with Gasteiger partial charge < -0.3 is 37.2 Å². The molecule has 0 aliphatic rings. The van der Waals surface area contributed by atoms with Crippen LogP contribution in [0.2, 0.25) is 0 Å². The largest absolute Gasteiger partial charge is 0.508 e. The molecule has 0 saturated carbocycles. The zero-order valence-corrected chi connectivity index (χ0v) is 30.1. The van der Waals surface area contributed by atoms with Crippen molar-refractivity contribution in [2.75, 3.05) is 6.54 Å². The molecule has 0 unspecified atom stereocenters. The maximum atomic E-state index is 13.5. The van der Waals surface area contributed by atoms with Crippen LogP contribution in [0.3, 0.4) is 0 Å². The molecule has 0 radical (unpaired) electrons. The molecule has 0 saturated heterocycles. The van der Waals surface area contributed by atoms with Crippen LogP contribution in [0.5, 0.6) is 11.5 Å². The van der Waals surface area contributed by atoms with E-state index in [1.165, 1.54) is 12.1 Å². The van der Waals surface area contributed by atoms with E-state index in [1.54, 1.807) is 13.8 Å². The fraction of sp³-hybridized carbons (Fsp3) is 0.484. The van der Waals surface area contributed by atoms with Crippen LogP contribution in [0.1, 0.15) is 63.9 Å². The minimum atomic E-state index is -1.22. The average Bonchev–Trinajstić information content (AvgIpc) is 2.91. The Kier molecular flexibility index (Phi) is 14.2. The Hall–Kier alpha value is -2.66. The molecule has 0 fully saturated rings. The summed E-state index contributed by atoms with van der Waals surface area (Å²) >= 11 is 4.55. The molecule has 0 aliphatic heterocycles. The van der Waals surface area contributed by atoms with Gasteiger partial charge in [-0.2, -0.15) is 0 Å². The second-order valence-electron chi connectivity index (χ2n) is 12.2. The van der Waals surface area contributed by atoms with Gasteiger partial charge in [-0.25, -0.2) is 0 Å². The Labute approximate surface area is 286 Å². The number of nitrogens with one attached hydrogen (secondary N) is 4. The summed E-state index contributed by atoms with van der Waals surface area (Å²) in [5.74, 6) is -3.06. The Morgan fingerprint density at radius 3 is 2.16 bits per heavy atom. The van der Waals surface area contributed by atoms with E-state index in [1.807, 2.05) is 39.8 Å². The third kappa shape index (κ3) is 11.7. The number of rotatable bonds is 14. The quantitative estimate of drug-likeness (QED) is 0.113. The van der Waals surface area contributed by atoms with E-state index < -0.39 is 41.4 Å². The van der Waals surface area contributed by atoms with Gasteiger partial charge in [-0.15, -0.1) is 0 Å². The smallest absolute Gasteiger partial charge is 0.255 e. The van der Waals surface area contributed by atoms with E-state index in [0.717, 1.165) is 18.8 Å². The molecule has 13 heteroatoms. The second-order valence-corrected chi connectivity index (χ2v) is 14.6. The lowest BCUT2D eigenvalue weighted by molar-refractivity contribution is -0.134. The van der Waals surface area contributed by atoms with Crippen LogP contribution < -0.4 is 27.0 Å². The number of halogens is 2. The van der Waals surface area contributed by atoms with Crippen LogP contribution in [0.25, 0.3) is 0 Å². The summed E-state index contributed by atoms with van der Waals surface area (Å²) < 4.78 is 2.23. The number of carbonyl (C=O) groups excluding carboxylic acids is 4. The molecule has 8 N–H and O–H groups in total. The average molecular weight is 836 g/mol. The van der Waals surface area contributed by atoms with E-state index in [4.69, 9.17) is 5.73 Å². The number of nitrogens with two attached hydrogens (primary N) is 1. The highest BCUT2D eigenvalue weighted by molar-refractivity contribution is 14.1. The summed E-state index contributed by atoms with van der Waals surface area (Å²) in [6, 6.07) is 6.59. The minimum Gasteiger partial charge on any atom is -0.508 e. The number of carbonyl (C=O) groups is 4. The fourth-order valence-electron chi connectivity index (χ4n) is 4.46. The van der Waals surface area contributed by atoms with E-state index in [-0.39, 0.29) is 41.4 Å². The highest BCUT2D eigenvalue weighted by Crippen LogP contribution is 2.23. The van der Waals surface area contributed by atoms with Crippen LogP contribution >= 0.6 is 45.2 Å². The monoisotopic (exact) mass is 835 g/mol. The lowest BCUT2D eigenvalue weighted by Gasteiger charge is -2.31. The number of hydrogen-bond donors (Lipinski definition) is 7. The van der Waals surface area contributed by atoms with E-state index in [2.05, 4.69) is 72.5 Å². The van der Waals surface area contributed by atoms with Crippen molar-refractivity contribution in [3.05, 3.63) is 54.7 Å². The van der Waals surface area contributed by atoms with Gasteiger partial charge in [-0.1, -0.05) is 33.8 Å². The molecular weight excluding hydrogens is 792 g/mol. The van der Waals surface area contributed by atoms with Gasteiger partial charge in [0.15, 0.2) is 0 Å². The van der Waals surface area contributed by atoms with E-state index >= 15 is 0 Å². The summed E-state index contributed by atoms with van der Waals surface area (Å²) in [6.07, 6.45) is 0.987. The Bertz CT molecular complexity index is 1350. The first-order chi connectivity index (χ1) is 20.4. The minimum absolute atomic E-state index is 0.0985. The molecule has 2 rings (SSSR count). The molecular formula is C31H43I2N5O6. The van der Waals surface area contributed by atoms with Gasteiger partial charge in [0.25, 0.3) is 5.91 Å². The van der Waals surface area contributed by atoms with Crippen LogP contribution in [0.15, 0.2) is 36.4 Å². The molecule has 242 valence electrons. The van der Waals surface area contributed by atoms with Crippen LogP contribution in [-0.2, 0) is 20.8 Å². The zero-order chi connectivity index (χ0) is 33.4. The highest BCUT2D eigenvalue weighted by Gasteiger charge is 2.32. The molecule has 11 nitrogen and oxygen atoms in total. The molecule has 44 heavy (non-hydrogen) atoms. The van der Waals surface area contributed by atoms with Gasteiger partial charge in [0, 0.05) is 19.2 Å². The first-order valence-electron chi connectivity index (χ1n) is 14.3. The maximum absolute atomic E-state index is 13.5. The topological polar surface area (TPSA) is 183 Å². The standard InChI is InChI=1S/C31H43I2N5O6/c1-16(2)11-24(29(43)38-31(5,6)14-18-7-8-19(32)12-22(18)33)36-30(44)26(17(3)4)37-28(42)23(34)15-35-27(41)21-13-20(39)9-10-25(21)40/h7-10,12-13,16-17,23-24,26,39-40H,11,14-15,34H2,1-6H3,(H,35,41)(H,36,44)(H,37,42)(H,38,43)/t23-,24-,26-/m0/s1. The fourth-order valence-corrected chi connectivity index (χ4v) is 6.26. The van der Waals surface area contributed by atoms with E-state index in [0.29, 0.717) is 12.8 Å². The lowest BCUT2D eigenvalue weighted by atomic mass is 9.93. The SMILES string of the molecule is CC(C)C[C@H](NC(=O)[C@@H](NC(=O)[C@@H](N)CNC(=O)c1cc(O)ccc1O)C(C)C)C(=O)NC(C)(C)Cc1ccc(I)cc1I. The van der Waals surface area contributed by atoms with Crippen LogP contribution in [0, 0.1) is 19.0 Å². The van der Waals surface area contributed by atoms with E-state index in [9.17, 15) is 29.4 Å². The first-order valence-corrected chi connectivity index (χ1v) is 16.5. The summed E-state index contributed by atoms with van der Waals surface area (Å²) in [7, 11) is 0. The molecule has 4 amide bonds. The van der Waals surface area contributed by atoms with Gasteiger partial charge in [0.1, 0.15) is 29.6 Å². The Morgan fingerprint density at radius 1 is 0.909 bits per heavy atom. The number of benzene rings is 2. The molecule has 3 atom stereocenters. The number of hydrogen-bond acceptors (Lipinski definition) is 7. The molecule has 2 aromatic rings.